The molecule has 2 rings (SSSR count). The van der Waals surface area contributed by atoms with Crippen molar-refractivity contribution in [1.82, 2.24) is 0 Å². The number of hydrogen-bond donors (Lipinski definition) is 2. The number of nitrogens with two attached hydrogens (primary N) is 1. The van der Waals surface area contributed by atoms with Crippen LogP contribution in [0.25, 0.3) is 0 Å². The fraction of sp³-hybridized carbons (Fsp3) is 0.500. The van der Waals surface area contributed by atoms with Gasteiger partial charge in [0.1, 0.15) is 18.1 Å². The maximum absolute atomic E-state index is 12.3. The predicted molar refractivity (Wildman–Crippen MR) is 93.5 cm³/mol. The fourth-order valence-electron chi connectivity index (χ4n) is 2.35. The first kappa shape index (κ1) is 18.3. The predicted octanol–water partition coefficient (Wildman–Crippen LogP) is 2.23. The number of carbonyl (C=O) groups is 1. The Kier molecular flexibility index (Phi) is 5.17. The highest BCUT2D eigenvalue weighted by atomic mass is 32.2. The second-order valence-corrected chi connectivity index (χ2v) is 7.77. The van der Waals surface area contributed by atoms with Crippen molar-refractivity contribution in [3.8, 4) is 5.75 Å². The summed E-state index contributed by atoms with van der Waals surface area (Å²) in [7, 11) is -3.83. The van der Waals surface area contributed by atoms with E-state index in [0.717, 1.165) is 12.8 Å². The number of Topliss-reactive ketones (excluding diaryl/α,β-unsaturated/α-hetero) is 1. The Labute approximate surface area is 142 Å². The van der Waals surface area contributed by atoms with E-state index in [0.29, 0.717) is 23.4 Å². The van der Waals surface area contributed by atoms with Crippen LogP contribution in [0.15, 0.2) is 22.6 Å². The zero-order valence-corrected chi connectivity index (χ0v) is 14.9. The maximum Gasteiger partial charge on any atom is 0.344 e. The van der Waals surface area contributed by atoms with Crippen LogP contribution in [0, 0.1) is 5.41 Å². The average Bonchev–Trinajstić information content (AvgIpc) is 2.48. The Bertz CT molecular complexity index is 770. The van der Waals surface area contributed by atoms with Gasteiger partial charge in [-0.15, -0.1) is 4.40 Å². The zero-order chi connectivity index (χ0) is 18.0. The van der Waals surface area contributed by atoms with Gasteiger partial charge >= 0.3 is 10.2 Å². The normalized spacial score (nSPS) is 15.9. The summed E-state index contributed by atoms with van der Waals surface area (Å²) >= 11 is 0. The molecule has 1 heterocycles. The van der Waals surface area contributed by atoms with Crippen LogP contribution < -0.4 is 15.2 Å². The summed E-state index contributed by atoms with van der Waals surface area (Å²) in [5.74, 6) is 0.401. The molecule has 0 bridgehead atoms. The van der Waals surface area contributed by atoms with Gasteiger partial charge in [-0.1, -0.05) is 19.4 Å². The summed E-state index contributed by atoms with van der Waals surface area (Å²) in [6.45, 7) is 5.88. The molecule has 0 aliphatic carbocycles. The van der Waals surface area contributed by atoms with Crippen LogP contribution in [0.1, 0.15) is 45.6 Å². The van der Waals surface area contributed by atoms with Gasteiger partial charge in [-0.25, -0.2) is 0 Å². The second kappa shape index (κ2) is 6.80. The number of hydrogen-bond acceptors (Lipinski definition) is 5. The quantitative estimate of drug-likeness (QED) is 0.781. The summed E-state index contributed by atoms with van der Waals surface area (Å²) in [4.78, 5) is 12.3. The van der Waals surface area contributed by atoms with Gasteiger partial charge in [-0.2, -0.15) is 8.42 Å². The lowest BCUT2D eigenvalue weighted by molar-refractivity contribution is -0.128. The molecular formula is C16H23N3O4S. The van der Waals surface area contributed by atoms with Crippen molar-refractivity contribution in [3.05, 3.63) is 23.8 Å². The average molecular weight is 353 g/mol. The third kappa shape index (κ3) is 4.05. The molecule has 1 aliphatic rings. The van der Waals surface area contributed by atoms with E-state index in [4.69, 9.17) is 10.5 Å². The van der Waals surface area contributed by atoms with E-state index in [9.17, 15) is 13.2 Å². The number of amidine groups is 1. The molecule has 0 fully saturated rings. The van der Waals surface area contributed by atoms with Crippen molar-refractivity contribution in [2.75, 3.05) is 11.3 Å². The first-order valence-electron chi connectivity index (χ1n) is 7.84. The van der Waals surface area contributed by atoms with E-state index in [1.807, 2.05) is 20.8 Å². The Morgan fingerprint density at radius 3 is 2.75 bits per heavy atom. The van der Waals surface area contributed by atoms with Crippen LogP contribution in [0.3, 0.4) is 0 Å². The number of nitrogens with one attached hydrogen (secondary N) is 1. The molecule has 8 heteroatoms. The molecule has 0 unspecified atom stereocenters. The third-order valence-corrected chi connectivity index (χ3v) is 4.76. The number of unbranched alkanes of at least 4 members (excludes halogenated alkanes) is 1. The highest BCUT2D eigenvalue weighted by Gasteiger charge is 2.29. The molecule has 0 spiro atoms. The molecule has 0 atom stereocenters. The Morgan fingerprint density at radius 1 is 1.38 bits per heavy atom. The van der Waals surface area contributed by atoms with Crippen LogP contribution in [-0.4, -0.2) is 26.6 Å². The summed E-state index contributed by atoms with van der Waals surface area (Å²) < 4.78 is 34.7. The number of carbonyl (C=O) groups excluding carboxylic acids is 1. The molecule has 3 N–H and O–H groups in total. The highest BCUT2D eigenvalue weighted by molar-refractivity contribution is 7.91. The standard InChI is InChI=1S/C16H23N3O4S/c1-4-5-9-13(20)16(2,3)10-23-12-8-6-7-11-14(12)15(17)19-24(21,22)18-11/h6-8,18H,4-5,9-10H2,1-3H3,(H2,17,19). The first-order chi connectivity index (χ1) is 11.2. The summed E-state index contributed by atoms with van der Waals surface area (Å²) in [5, 5.41) is 0. The molecule has 0 radical (unpaired) electrons. The van der Waals surface area contributed by atoms with Gasteiger partial charge in [0.25, 0.3) is 0 Å². The first-order valence-corrected chi connectivity index (χ1v) is 9.28. The molecule has 0 saturated carbocycles. The van der Waals surface area contributed by atoms with Gasteiger partial charge in [0.2, 0.25) is 0 Å². The van der Waals surface area contributed by atoms with Crippen molar-refractivity contribution in [1.29, 1.82) is 0 Å². The summed E-state index contributed by atoms with van der Waals surface area (Å²) in [5.41, 5.74) is 5.84. The minimum Gasteiger partial charge on any atom is -0.492 e. The lowest BCUT2D eigenvalue weighted by Crippen LogP contribution is -2.32. The van der Waals surface area contributed by atoms with E-state index in [1.54, 1.807) is 18.2 Å². The van der Waals surface area contributed by atoms with E-state index < -0.39 is 15.6 Å². The molecule has 132 valence electrons. The van der Waals surface area contributed by atoms with E-state index in [-0.39, 0.29) is 18.2 Å². The minimum atomic E-state index is -3.83. The molecule has 0 aromatic heterocycles. The van der Waals surface area contributed by atoms with Crippen LogP contribution >= 0.6 is 0 Å². The Balaban J connectivity index is 2.19. The fourth-order valence-corrected chi connectivity index (χ4v) is 3.20. The van der Waals surface area contributed by atoms with Gasteiger partial charge < -0.3 is 10.5 Å². The highest BCUT2D eigenvalue weighted by Crippen LogP contribution is 2.32. The van der Waals surface area contributed by atoms with Crippen molar-refractivity contribution >= 4 is 27.5 Å². The van der Waals surface area contributed by atoms with Crippen LogP contribution in [0.2, 0.25) is 0 Å². The van der Waals surface area contributed by atoms with Crippen molar-refractivity contribution in [2.24, 2.45) is 15.5 Å². The number of ketones is 1. The molecule has 0 amide bonds. The number of nitrogens with zero attached hydrogens (tertiary/aromatic N) is 1. The van der Waals surface area contributed by atoms with Crippen molar-refractivity contribution in [3.63, 3.8) is 0 Å². The summed E-state index contributed by atoms with van der Waals surface area (Å²) in [6.07, 6.45) is 2.33. The minimum absolute atomic E-state index is 0.130. The maximum atomic E-state index is 12.3. The monoisotopic (exact) mass is 353 g/mol. The number of rotatable bonds is 7. The third-order valence-electron chi connectivity index (χ3n) is 3.84. The number of ether oxygens (including phenoxy) is 1. The zero-order valence-electron chi connectivity index (χ0n) is 14.1. The Morgan fingerprint density at radius 2 is 2.08 bits per heavy atom. The topological polar surface area (TPSA) is 111 Å². The van der Waals surface area contributed by atoms with Gasteiger partial charge in [0.05, 0.1) is 16.7 Å². The molecule has 1 aromatic carbocycles. The molecule has 24 heavy (non-hydrogen) atoms. The van der Waals surface area contributed by atoms with Crippen LogP contribution in [0.4, 0.5) is 5.69 Å². The molecule has 7 nitrogen and oxygen atoms in total. The lowest BCUT2D eigenvalue weighted by atomic mass is 9.86. The molecular weight excluding hydrogens is 330 g/mol. The van der Waals surface area contributed by atoms with Gasteiger partial charge in [0, 0.05) is 6.42 Å². The number of benzene rings is 1. The molecule has 0 saturated heterocycles. The van der Waals surface area contributed by atoms with Gasteiger partial charge in [0.15, 0.2) is 5.84 Å². The van der Waals surface area contributed by atoms with E-state index in [1.165, 1.54) is 0 Å². The van der Waals surface area contributed by atoms with Gasteiger partial charge in [-0.05, 0) is 32.4 Å². The largest absolute Gasteiger partial charge is 0.492 e. The summed E-state index contributed by atoms with van der Waals surface area (Å²) in [6, 6.07) is 4.91. The second-order valence-electron chi connectivity index (χ2n) is 6.43. The van der Waals surface area contributed by atoms with E-state index >= 15 is 0 Å². The van der Waals surface area contributed by atoms with Crippen molar-refractivity contribution in [2.45, 2.75) is 40.0 Å². The molecule has 1 aromatic rings. The van der Waals surface area contributed by atoms with Crippen LogP contribution in [-0.2, 0) is 15.0 Å². The number of anilines is 1. The van der Waals surface area contributed by atoms with Gasteiger partial charge in [-0.3, -0.25) is 9.52 Å². The van der Waals surface area contributed by atoms with Crippen LogP contribution in [0.5, 0.6) is 5.75 Å². The molecule has 1 aliphatic heterocycles. The Hall–Kier alpha value is -2.09. The number of fused-ring (bicyclic) bond motifs is 1. The van der Waals surface area contributed by atoms with Crippen molar-refractivity contribution < 1.29 is 17.9 Å². The lowest BCUT2D eigenvalue weighted by Gasteiger charge is -2.25. The van der Waals surface area contributed by atoms with E-state index in [2.05, 4.69) is 9.12 Å². The smallest absolute Gasteiger partial charge is 0.344 e. The SMILES string of the molecule is CCCCC(=O)C(C)(C)COc1cccc2c1C(N)=NS(=O)(=O)N2.